The summed E-state index contributed by atoms with van der Waals surface area (Å²) in [4.78, 5) is 13.3. The number of amides is 1. The fraction of sp³-hybridized carbons (Fsp3) is 0.174. The number of nitrogens with one attached hydrogen (secondary N) is 1. The van der Waals surface area contributed by atoms with Gasteiger partial charge in [-0.05, 0) is 61.4 Å². The van der Waals surface area contributed by atoms with Gasteiger partial charge in [0, 0.05) is 28.2 Å². The molecule has 0 aromatic heterocycles. The maximum absolute atomic E-state index is 12.5. The molecule has 0 unspecified atom stereocenters. The third kappa shape index (κ3) is 5.87. The lowest BCUT2D eigenvalue weighted by atomic mass is 10.1. The Bertz CT molecular complexity index is 1140. The Morgan fingerprint density at radius 2 is 1.67 bits per heavy atom. The first kappa shape index (κ1) is 21.9. The number of rotatable bonds is 7. The molecule has 0 fully saturated rings. The van der Waals surface area contributed by atoms with Crippen LogP contribution in [0.1, 0.15) is 21.5 Å². The number of hydrogen-bond donors (Lipinski definition) is 2. The third-order valence-electron chi connectivity index (χ3n) is 4.51. The van der Waals surface area contributed by atoms with Crippen LogP contribution in [-0.4, -0.2) is 31.4 Å². The first-order valence-corrected chi connectivity index (χ1v) is 12.2. The van der Waals surface area contributed by atoms with E-state index in [0.29, 0.717) is 11.3 Å². The number of phenols is 1. The minimum absolute atomic E-state index is 0.222. The standard InChI is InChI=1S/C23H23NO4S2/c1-16-3-5-17(6-4-16)13-14-29-20-10-7-18(8-11-20)23(26)24-19-9-12-21(25)22(15-19)30(2,27)28/h3-12,15,25H,13-14H2,1-2H3,(H,24,26). The van der Waals surface area contributed by atoms with Gasteiger partial charge in [-0.1, -0.05) is 29.8 Å². The molecule has 7 heteroatoms. The second-order valence-electron chi connectivity index (χ2n) is 7.02. The van der Waals surface area contributed by atoms with Crippen molar-refractivity contribution in [1.29, 1.82) is 0 Å². The van der Waals surface area contributed by atoms with Gasteiger partial charge in [-0.25, -0.2) is 8.42 Å². The zero-order valence-corrected chi connectivity index (χ0v) is 18.4. The van der Waals surface area contributed by atoms with Gasteiger partial charge in [-0.2, -0.15) is 0 Å². The van der Waals surface area contributed by atoms with Crippen molar-refractivity contribution in [2.45, 2.75) is 23.1 Å². The molecule has 0 aliphatic carbocycles. The second-order valence-corrected chi connectivity index (χ2v) is 10.2. The van der Waals surface area contributed by atoms with Crippen molar-refractivity contribution in [3.63, 3.8) is 0 Å². The van der Waals surface area contributed by atoms with E-state index in [1.54, 1.807) is 23.9 Å². The molecule has 1 amide bonds. The van der Waals surface area contributed by atoms with Crippen LogP contribution < -0.4 is 5.32 Å². The van der Waals surface area contributed by atoms with E-state index in [-0.39, 0.29) is 16.6 Å². The number of sulfone groups is 1. The molecule has 3 rings (SSSR count). The molecule has 2 N–H and O–H groups in total. The summed E-state index contributed by atoms with van der Waals surface area (Å²) in [6.45, 7) is 2.07. The minimum Gasteiger partial charge on any atom is -0.507 e. The molecule has 0 saturated heterocycles. The first-order valence-electron chi connectivity index (χ1n) is 9.35. The average Bonchev–Trinajstić information content (AvgIpc) is 2.70. The Balaban J connectivity index is 1.59. The van der Waals surface area contributed by atoms with Crippen molar-refractivity contribution in [2.24, 2.45) is 0 Å². The molecule has 0 aliphatic heterocycles. The van der Waals surface area contributed by atoms with Crippen LogP contribution in [0.3, 0.4) is 0 Å². The molecular weight excluding hydrogens is 418 g/mol. The summed E-state index contributed by atoms with van der Waals surface area (Å²) >= 11 is 1.72. The summed E-state index contributed by atoms with van der Waals surface area (Å²) in [5.74, 6) is 0.245. The van der Waals surface area contributed by atoms with Crippen molar-refractivity contribution in [3.8, 4) is 5.75 Å². The van der Waals surface area contributed by atoms with Gasteiger partial charge >= 0.3 is 0 Å². The summed E-state index contributed by atoms with van der Waals surface area (Å²) in [5, 5.41) is 12.4. The van der Waals surface area contributed by atoms with E-state index in [1.165, 1.54) is 29.3 Å². The van der Waals surface area contributed by atoms with Crippen molar-refractivity contribution < 1.29 is 18.3 Å². The lowest BCUT2D eigenvalue weighted by molar-refractivity contribution is 0.102. The number of thioether (sulfide) groups is 1. The Kier molecular flexibility index (Phi) is 6.84. The van der Waals surface area contributed by atoms with Gasteiger partial charge in [-0.15, -0.1) is 11.8 Å². The molecule has 0 saturated carbocycles. The predicted octanol–water partition coefficient (Wildman–Crippen LogP) is 4.69. The van der Waals surface area contributed by atoms with Gasteiger partial charge < -0.3 is 10.4 Å². The van der Waals surface area contributed by atoms with E-state index in [9.17, 15) is 18.3 Å². The Morgan fingerprint density at radius 3 is 2.30 bits per heavy atom. The highest BCUT2D eigenvalue weighted by Gasteiger charge is 2.15. The van der Waals surface area contributed by atoms with E-state index >= 15 is 0 Å². The van der Waals surface area contributed by atoms with Crippen molar-refractivity contribution in [1.82, 2.24) is 0 Å². The summed E-state index contributed by atoms with van der Waals surface area (Å²) in [5.41, 5.74) is 3.31. The van der Waals surface area contributed by atoms with Gasteiger partial charge in [0.05, 0.1) is 0 Å². The highest BCUT2D eigenvalue weighted by Crippen LogP contribution is 2.26. The third-order valence-corrected chi connectivity index (χ3v) is 6.65. The monoisotopic (exact) mass is 441 g/mol. The average molecular weight is 442 g/mol. The van der Waals surface area contributed by atoms with Crippen molar-refractivity contribution >= 4 is 33.2 Å². The summed E-state index contributed by atoms with van der Waals surface area (Å²) in [6.07, 6.45) is 1.97. The maximum atomic E-state index is 12.5. The van der Waals surface area contributed by atoms with Gasteiger partial charge in [0.25, 0.3) is 5.91 Å². The predicted molar refractivity (Wildman–Crippen MR) is 121 cm³/mol. The zero-order valence-electron chi connectivity index (χ0n) is 16.8. The second kappa shape index (κ2) is 9.36. The largest absolute Gasteiger partial charge is 0.507 e. The highest BCUT2D eigenvalue weighted by atomic mass is 32.2. The fourth-order valence-corrected chi connectivity index (χ4v) is 4.53. The van der Waals surface area contributed by atoms with Crippen molar-refractivity contribution in [3.05, 3.63) is 83.4 Å². The molecule has 5 nitrogen and oxygen atoms in total. The molecule has 3 aromatic carbocycles. The van der Waals surface area contributed by atoms with E-state index < -0.39 is 9.84 Å². The number of aromatic hydroxyl groups is 1. The summed E-state index contributed by atoms with van der Waals surface area (Å²) < 4.78 is 23.4. The normalized spacial score (nSPS) is 11.3. The van der Waals surface area contributed by atoms with Crippen LogP contribution in [0.4, 0.5) is 5.69 Å². The lowest BCUT2D eigenvalue weighted by Gasteiger charge is -2.09. The van der Waals surface area contributed by atoms with E-state index in [4.69, 9.17) is 0 Å². The fourth-order valence-electron chi connectivity index (χ4n) is 2.84. The number of aryl methyl sites for hydroxylation is 2. The number of anilines is 1. The first-order chi connectivity index (χ1) is 14.2. The molecule has 0 bridgehead atoms. The number of hydrogen-bond acceptors (Lipinski definition) is 5. The zero-order chi connectivity index (χ0) is 21.7. The van der Waals surface area contributed by atoms with Crippen LogP contribution in [-0.2, 0) is 16.3 Å². The number of carbonyl (C=O) groups excluding carboxylic acids is 1. The van der Waals surface area contributed by atoms with Crippen molar-refractivity contribution in [2.75, 3.05) is 17.3 Å². The van der Waals surface area contributed by atoms with Gasteiger partial charge in [0.1, 0.15) is 10.6 Å². The number of benzene rings is 3. The minimum atomic E-state index is -3.60. The van der Waals surface area contributed by atoms with E-state index in [1.807, 2.05) is 12.1 Å². The molecular formula is C23H23NO4S2. The van der Waals surface area contributed by atoms with Crippen LogP contribution in [0.5, 0.6) is 5.75 Å². The molecule has 0 spiro atoms. The van der Waals surface area contributed by atoms with Gasteiger partial charge in [0.15, 0.2) is 9.84 Å². The molecule has 0 radical (unpaired) electrons. The highest BCUT2D eigenvalue weighted by molar-refractivity contribution is 7.99. The van der Waals surface area contributed by atoms with E-state index in [2.05, 4.69) is 36.5 Å². The Morgan fingerprint density at radius 1 is 1.00 bits per heavy atom. The quantitative estimate of drug-likeness (QED) is 0.410. The maximum Gasteiger partial charge on any atom is 0.255 e. The number of phenolic OH excluding ortho intramolecular Hbond substituents is 1. The summed E-state index contributed by atoms with van der Waals surface area (Å²) in [6, 6.07) is 19.7. The van der Waals surface area contributed by atoms with E-state index in [0.717, 1.165) is 23.3 Å². The molecule has 0 aliphatic rings. The van der Waals surface area contributed by atoms with Gasteiger partial charge in [-0.3, -0.25) is 4.79 Å². The molecule has 156 valence electrons. The van der Waals surface area contributed by atoms with Crippen LogP contribution in [0.15, 0.2) is 76.5 Å². The molecule has 30 heavy (non-hydrogen) atoms. The Hall–Kier alpha value is -2.77. The topological polar surface area (TPSA) is 83.5 Å². The van der Waals surface area contributed by atoms with Crippen LogP contribution in [0, 0.1) is 6.92 Å². The molecule has 3 aromatic rings. The molecule has 0 heterocycles. The number of carbonyl (C=O) groups is 1. The van der Waals surface area contributed by atoms with Crippen LogP contribution >= 0.6 is 11.8 Å². The van der Waals surface area contributed by atoms with Crippen LogP contribution in [0.2, 0.25) is 0 Å². The van der Waals surface area contributed by atoms with Gasteiger partial charge in [0.2, 0.25) is 0 Å². The lowest BCUT2D eigenvalue weighted by Crippen LogP contribution is -2.12. The van der Waals surface area contributed by atoms with Crippen LogP contribution in [0.25, 0.3) is 0 Å². The molecule has 0 atom stereocenters. The smallest absolute Gasteiger partial charge is 0.255 e. The Labute approximate surface area is 181 Å². The summed E-state index contributed by atoms with van der Waals surface area (Å²) in [7, 11) is -3.60. The SMILES string of the molecule is Cc1ccc(CCSc2ccc(C(=O)Nc3ccc(O)c(S(C)(=O)=O)c3)cc2)cc1.